The predicted molar refractivity (Wildman–Crippen MR) is 99.5 cm³/mol. The summed E-state index contributed by atoms with van der Waals surface area (Å²) in [5.74, 6) is 1.28. The fraction of sp³-hybridized carbons (Fsp3) is 0.952. The van der Waals surface area contributed by atoms with Gasteiger partial charge in [-0.3, -0.25) is 4.79 Å². The van der Waals surface area contributed by atoms with Gasteiger partial charge in [0.25, 0.3) is 0 Å². The Bertz CT molecular complexity index is 340. The van der Waals surface area contributed by atoms with Crippen LogP contribution >= 0.6 is 0 Å². The molecule has 0 heterocycles. The van der Waals surface area contributed by atoms with Crippen LogP contribution in [0.15, 0.2) is 0 Å². The molecule has 0 radical (unpaired) electrons. The Morgan fingerprint density at radius 1 is 0.720 bits per heavy atom. The molecule has 2 atom stereocenters. The average molecular weight is 355 g/mol. The minimum Gasteiger partial charge on any atom is -0.463 e. The van der Waals surface area contributed by atoms with Crippen molar-refractivity contribution in [3.05, 3.63) is 0 Å². The third-order valence-electron chi connectivity index (χ3n) is 5.89. The molecule has 2 saturated carbocycles. The smallest absolute Gasteiger partial charge is 0.309 e. The highest BCUT2D eigenvalue weighted by atomic mass is 16.6. The summed E-state index contributed by atoms with van der Waals surface area (Å²) in [5, 5.41) is 0. The summed E-state index contributed by atoms with van der Waals surface area (Å²) < 4.78 is 16.3. The van der Waals surface area contributed by atoms with Crippen LogP contribution < -0.4 is 0 Å². The van der Waals surface area contributed by atoms with Gasteiger partial charge >= 0.3 is 5.97 Å². The first-order chi connectivity index (χ1) is 12.3. The monoisotopic (exact) mass is 354 g/mol. The fourth-order valence-electron chi connectivity index (χ4n) is 4.56. The maximum absolute atomic E-state index is 12.7. The molecule has 0 spiro atoms. The molecule has 146 valence electrons. The third kappa shape index (κ3) is 7.65. The van der Waals surface area contributed by atoms with Crippen molar-refractivity contribution in [2.45, 2.75) is 77.6 Å². The van der Waals surface area contributed by atoms with E-state index in [0.717, 1.165) is 0 Å². The van der Waals surface area contributed by atoms with Crippen LogP contribution in [-0.2, 0) is 19.0 Å². The van der Waals surface area contributed by atoms with Gasteiger partial charge in [0.15, 0.2) is 0 Å². The van der Waals surface area contributed by atoms with Crippen molar-refractivity contribution in [3.63, 3.8) is 0 Å². The number of hydrogen-bond donors (Lipinski definition) is 0. The molecule has 4 nitrogen and oxygen atoms in total. The van der Waals surface area contributed by atoms with Crippen LogP contribution in [0.25, 0.3) is 0 Å². The van der Waals surface area contributed by atoms with Crippen molar-refractivity contribution >= 4 is 5.97 Å². The maximum atomic E-state index is 12.7. The van der Waals surface area contributed by atoms with Crippen molar-refractivity contribution in [2.75, 3.05) is 33.0 Å². The number of esters is 1. The van der Waals surface area contributed by atoms with Crippen LogP contribution in [-0.4, -0.2) is 39.0 Å². The van der Waals surface area contributed by atoms with Gasteiger partial charge in [-0.2, -0.15) is 0 Å². The minimum atomic E-state index is 0.0398. The van der Waals surface area contributed by atoms with Crippen LogP contribution in [0.5, 0.6) is 0 Å². The Hall–Kier alpha value is -0.610. The fourth-order valence-corrected chi connectivity index (χ4v) is 4.56. The summed E-state index contributed by atoms with van der Waals surface area (Å²) >= 11 is 0. The molecule has 25 heavy (non-hydrogen) atoms. The van der Waals surface area contributed by atoms with E-state index in [1.807, 2.05) is 6.92 Å². The number of carbonyl (C=O) groups excluding carboxylic acids is 1. The van der Waals surface area contributed by atoms with Crippen molar-refractivity contribution < 1.29 is 19.0 Å². The molecule has 0 amide bonds. The molecule has 2 unspecified atom stereocenters. The zero-order valence-corrected chi connectivity index (χ0v) is 16.2. The lowest BCUT2D eigenvalue weighted by Gasteiger charge is -2.24. The second kappa shape index (κ2) is 12.7. The van der Waals surface area contributed by atoms with E-state index in [9.17, 15) is 4.79 Å². The van der Waals surface area contributed by atoms with E-state index in [1.54, 1.807) is 0 Å². The van der Waals surface area contributed by atoms with Crippen molar-refractivity contribution in [1.29, 1.82) is 0 Å². The Balaban J connectivity index is 1.74. The first-order valence-corrected chi connectivity index (χ1v) is 10.6. The summed E-state index contributed by atoms with van der Waals surface area (Å²) in [7, 11) is 0. The van der Waals surface area contributed by atoms with Gasteiger partial charge in [-0.1, -0.05) is 44.9 Å². The summed E-state index contributed by atoms with van der Waals surface area (Å²) in [6.45, 7) is 4.71. The topological polar surface area (TPSA) is 44.8 Å². The van der Waals surface area contributed by atoms with Gasteiger partial charge in [-0.25, -0.2) is 0 Å². The minimum absolute atomic E-state index is 0.0398. The largest absolute Gasteiger partial charge is 0.463 e. The number of carbonyl (C=O) groups is 1. The number of fused-ring (bicyclic) bond motifs is 2. The second-order valence-corrected chi connectivity index (χ2v) is 7.65. The quantitative estimate of drug-likeness (QED) is 0.466. The molecule has 0 N–H and O–H groups in total. The molecule has 0 aromatic rings. The summed E-state index contributed by atoms with van der Waals surface area (Å²) in [6, 6.07) is 0. The summed E-state index contributed by atoms with van der Waals surface area (Å²) in [5.41, 5.74) is 0. The third-order valence-corrected chi connectivity index (χ3v) is 5.89. The highest BCUT2D eigenvalue weighted by Crippen LogP contribution is 2.43. The highest BCUT2D eigenvalue weighted by molar-refractivity contribution is 5.73. The van der Waals surface area contributed by atoms with Gasteiger partial charge in [0.2, 0.25) is 0 Å². The molecule has 2 fully saturated rings. The molecule has 0 saturated heterocycles. The Labute approximate surface area is 154 Å². The van der Waals surface area contributed by atoms with Gasteiger partial charge < -0.3 is 14.2 Å². The molecule has 0 aliphatic heterocycles. The molecule has 2 aliphatic rings. The van der Waals surface area contributed by atoms with Gasteiger partial charge in [-0.15, -0.1) is 0 Å². The van der Waals surface area contributed by atoms with E-state index in [4.69, 9.17) is 14.2 Å². The lowest BCUT2D eigenvalue weighted by atomic mass is 9.83. The first kappa shape index (κ1) is 20.7. The summed E-state index contributed by atoms with van der Waals surface area (Å²) in [6.07, 6.45) is 14.2. The molecular weight excluding hydrogens is 316 g/mol. The Kier molecular flexibility index (Phi) is 10.5. The molecule has 0 aromatic heterocycles. The van der Waals surface area contributed by atoms with Crippen molar-refractivity contribution in [1.82, 2.24) is 0 Å². The summed E-state index contributed by atoms with van der Waals surface area (Å²) in [4.78, 5) is 12.7. The van der Waals surface area contributed by atoms with E-state index in [1.165, 1.54) is 70.6 Å². The van der Waals surface area contributed by atoms with Crippen LogP contribution in [0.2, 0.25) is 0 Å². The zero-order valence-electron chi connectivity index (χ0n) is 16.2. The van der Waals surface area contributed by atoms with Crippen molar-refractivity contribution in [2.24, 2.45) is 17.8 Å². The van der Waals surface area contributed by atoms with Gasteiger partial charge in [0.1, 0.15) is 6.61 Å². The Morgan fingerprint density at radius 2 is 1.24 bits per heavy atom. The van der Waals surface area contributed by atoms with Crippen LogP contribution in [0, 0.1) is 17.8 Å². The molecule has 2 rings (SSSR count). The second-order valence-electron chi connectivity index (χ2n) is 7.65. The molecular formula is C21H38O4. The van der Waals surface area contributed by atoms with E-state index in [0.29, 0.717) is 44.9 Å². The van der Waals surface area contributed by atoms with E-state index >= 15 is 0 Å². The molecule has 0 aromatic carbocycles. The lowest BCUT2D eigenvalue weighted by Crippen LogP contribution is -2.28. The van der Waals surface area contributed by atoms with Gasteiger partial charge in [0, 0.05) is 6.61 Å². The zero-order chi connectivity index (χ0) is 17.7. The first-order valence-electron chi connectivity index (χ1n) is 10.6. The SMILES string of the molecule is CCOCCOCCOC(=O)C1C2CCCCCCCCCC1CC2. The van der Waals surface area contributed by atoms with Gasteiger partial charge in [0.05, 0.1) is 25.7 Å². The number of ether oxygens (including phenoxy) is 3. The maximum Gasteiger partial charge on any atom is 0.309 e. The van der Waals surface area contributed by atoms with E-state index in [2.05, 4.69) is 0 Å². The lowest BCUT2D eigenvalue weighted by molar-refractivity contribution is -0.153. The van der Waals surface area contributed by atoms with Crippen LogP contribution in [0.4, 0.5) is 0 Å². The molecule has 2 bridgehead atoms. The van der Waals surface area contributed by atoms with Crippen LogP contribution in [0.3, 0.4) is 0 Å². The number of rotatable bonds is 8. The predicted octanol–water partition coefficient (Wildman–Crippen LogP) is 4.75. The van der Waals surface area contributed by atoms with Gasteiger partial charge in [-0.05, 0) is 44.4 Å². The average Bonchev–Trinajstić information content (AvgIpc) is 3.01. The standard InChI is InChI=1S/C21H38O4/c1-2-23-14-15-24-16-17-25-21(22)20-18-10-8-6-4-3-5-7-9-11-19(20)13-12-18/h18-20H,2-17H2,1H3. The van der Waals surface area contributed by atoms with Crippen molar-refractivity contribution in [3.8, 4) is 0 Å². The molecule has 4 heteroatoms. The van der Waals surface area contributed by atoms with Crippen LogP contribution in [0.1, 0.15) is 77.6 Å². The van der Waals surface area contributed by atoms with E-state index in [-0.39, 0.29) is 11.9 Å². The normalized spacial score (nSPS) is 28.1. The van der Waals surface area contributed by atoms with E-state index < -0.39 is 0 Å². The number of hydrogen-bond acceptors (Lipinski definition) is 4. The highest BCUT2D eigenvalue weighted by Gasteiger charge is 2.41. The molecule has 2 aliphatic carbocycles. The Morgan fingerprint density at radius 3 is 1.84 bits per heavy atom.